The highest BCUT2D eigenvalue weighted by Gasteiger charge is 2.37. The molecule has 0 aromatic heterocycles. The third kappa shape index (κ3) is 2.94. The average molecular weight is 388 g/mol. The second-order valence-electron chi connectivity index (χ2n) is 5.60. The first-order valence-electron chi connectivity index (χ1n) is 7.59. The summed E-state index contributed by atoms with van der Waals surface area (Å²) in [6.45, 7) is 0. The molecular weight excluding hydrogens is 374 g/mol. The smallest absolute Gasteiger partial charge is 0.269 e. The van der Waals surface area contributed by atoms with Crippen LogP contribution in [0.3, 0.4) is 0 Å². The maximum Gasteiger partial charge on any atom is 0.269 e. The molecule has 0 saturated carbocycles. The summed E-state index contributed by atoms with van der Waals surface area (Å²) in [6.07, 6.45) is 0. The fourth-order valence-electron chi connectivity index (χ4n) is 2.63. The largest absolute Gasteiger partial charge is 0.337 e. The molecule has 2 heterocycles. The monoisotopic (exact) mass is 387 g/mol. The van der Waals surface area contributed by atoms with Gasteiger partial charge in [0.2, 0.25) is 0 Å². The fraction of sp³-hybridized carbons (Fsp3) is 0.111. The summed E-state index contributed by atoms with van der Waals surface area (Å²) < 4.78 is 0. The molecule has 2 aliphatic rings. The van der Waals surface area contributed by atoms with Gasteiger partial charge in [-0.05, 0) is 42.1 Å². The van der Waals surface area contributed by atoms with Crippen molar-refractivity contribution in [3.8, 4) is 0 Å². The molecule has 4 rings (SSSR count). The van der Waals surface area contributed by atoms with Crippen LogP contribution in [-0.4, -0.2) is 30.1 Å². The van der Waals surface area contributed by atoms with Crippen molar-refractivity contribution >= 4 is 57.6 Å². The molecule has 0 atom stereocenters. The molecule has 0 unspecified atom stereocenters. The van der Waals surface area contributed by atoms with E-state index in [4.69, 9.17) is 11.6 Å². The quantitative estimate of drug-likeness (QED) is 0.649. The van der Waals surface area contributed by atoms with E-state index >= 15 is 0 Å². The first-order valence-corrected chi connectivity index (χ1v) is 9.61. The number of aliphatic imine (C=N–C) groups is 1. The highest BCUT2D eigenvalue weighted by atomic mass is 35.5. The Morgan fingerprint density at radius 2 is 1.80 bits per heavy atom. The van der Waals surface area contributed by atoms with Crippen LogP contribution in [0.1, 0.15) is 0 Å². The molecule has 2 aliphatic heterocycles. The molecule has 0 spiro atoms. The summed E-state index contributed by atoms with van der Waals surface area (Å²) in [4.78, 5) is 22.9. The molecule has 2 aromatic rings. The SMILES string of the molecule is CN1C(=O)C(=C2Sc3ccccc3N2C)SC1=Nc1cccc(Cl)c1. The molecule has 0 radical (unpaired) electrons. The van der Waals surface area contributed by atoms with E-state index in [1.54, 1.807) is 35.8 Å². The van der Waals surface area contributed by atoms with Gasteiger partial charge in [0.25, 0.3) is 5.91 Å². The van der Waals surface area contributed by atoms with Crippen LogP contribution < -0.4 is 4.90 Å². The van der Waals surface area contributed by atoms with Gasteiger partial charge < -0.3 is 4.90 Å². The predicted molar refractivity (Wildman–Crippen MR) is 107 cm³/mol. The van der Waals surface area contributed by atoms with Crippen molar-refractivity contribution < 1.29 is 4.79 Å². The van der Waals surface area contributed by atoms with Gasteiger partial charge in [0.05, 0.1) is 16.4 Å². The lowest BCUT2D eigenvalue weighted by atomic mass is 10.3. The van der Waals surface area contributed by atoms with Gasteiger partial charge in [0.1, 0.15) is 4.91 Å². The van der Waals surface area contributed by atoms with E-state index in [2.05, 4.69) is 22.0 Å². The number of nitrogens with zero attached hydrogens (tertiary/aromatic N) is 3. The lowest BCUT2D eigenvalue weighted by Crippen LogP contribution is -2.24. The second kappa shape index (κ2) is 6.44. The number of fused-ring (bicyclic) bond motifs is 1. The maximum absolute atomic E-state index is 12.8. The predicted octanol–water partition coefficient (Wildman–Crippen LogP) is 4.94. The first-order chi connectivity index (χ1) is 12.0. The second-order valence-corrected chi connectivity index (χ2v) is 8.05. The van der Waals surface area contributed by atoms with Crippen molar-refractivity contribution in [2.45, 2.75) is 4.90 Å². The highest BCUT2D eigenvalue weighted by molar-refractivity contribution is 8.19. The third-order valence-corrected chi connectivity index (χ3v) is 6.66. The number of thioether (sulfide) groups is 2. The minimum atomic E-state index is -0.0343. The summed E-state index contributed by atoms with van der Waals surface area (Å²) >= 11 is 9.04. The number of benzene rings is 2. The van der Waals surface area contributed by atoms with E-state index < -0.39 is 0 Å². The van der Waals surface area contributed by atoms with Crippen molar-refractivity contribution in [2.24, 2.45) is 4.99 Å². The van der Waals surface area contributed by atoms with Gasteiger partial charge in [0, 0.05) is 24.0 Å². The minimum Gasteiger partial charge on any atom is -0.337 e. The van der Waals surface area contributed by atoms with Gasteiger partial charge in [-0.15, -0.1) is 0 Å². The fourth-order valence-corrected chi connectivity index (χ4v) is 5.15. The number of anilines is 1. The van der Waals surface area contributed by atoms with Crippen LogP contribution in [0.2, 0.25) is 5.02 Å². The van der Waals surface area contributed by atoms with E-state index in [1.165, 1.54) is 11.8 Å². The minimum absolute atomic E-state index is 0.0343. The molecule has 126 valence electrons. The number of amidine groups is 1. The van der Waals surface area contributed by atoms with Gasteiger partial charge >= 0.3 is 0 Å². The number of likely N-dealkylation sites (N-methyl/N-ethyl adjacent to an activating group) is 1. The number of carbonyl (C=O) groups is 1. The Morgan fingerprint density at radius 3 is 2.56 bits per heavy atom. The van der Waals surface area contributed by atoms with Crippen LogP contribution in [0.25, 0.3) is 0 Å². The number of carbonyl (C=O) groups excluding carboxylic acids is 1. The number of para-hydroxylation sites is 1. The molecule has 25 heavy (non-hydrogen) atoms. The summed E-state index contributed by atoms with van der Waals surface area (Å²) in [5.41, 5.74) is 1.85. The summed E-state index contributed by atoms with van der Waals surface area (Å²) in [6, 6.07) is 15.4. The van der Waals surface area contributed by atoms with Crippen LogP contribution >= 0.6 is 35.1 Å². The van der Waals surface area contributed by atoms with E-state index in [0.717, 1.165) is 21.3 Å². The molecular formula is C18H14ClN3OS2. The topological polar surface area (TPSA) is 35.9 Å². The Hall–Kier alpha value is -1.89. The zero-order valence-electron chi connectivity index (χ0n) is 13.6. The van der Waals surface area contributed by atoms with Gasteiger partial charge in [-0.2, -0.15) is 0 Å². The lowest BCUT2D eigenvalue weighted by Gasteiger charge is -2.14. The van der Waals surface area contributed by atoms with Crippen molar-refractivity contribution in [3.05, 3.63) is 63.5 Å². The van der Waals surface area contributed by atoms with Crippen molar-refractivity contribution in [1.82, 2.24) is 4.90 Å². The number of halogens is 1. The summed E-state index contributed by atoms with van der Waals surface area (Å²) in [5.74, 6) is -0.0343. The molecule has 1 amide bonds. The van der Waals surface area contributed by atoms with Crippen LogP contribution in [0.15, 0.2) is 68.4 Å². The Bertz CT molecular complexity index is 941. The van der Waals surface area contributed by atoms with Gasteiger partial charge in [-0.25, -0.2) is 4.99 Å². The van der Waals surface area contributed by atoms with Crippen LogP contribution in [-0.2, 0) is 4.79 Å². The lowest BCUT2D eigenvalue weighted by molar-refractivity contribution is -0.121. The third-order valence-electron chi connectivity index (χ3n) is 3.94. The normalized spacial score (nSPS) is 21.4. The Balaban J connectivity index is 1.71. The van der Waals surface area contributed by atoms with Crippen molar-refractivity contribution in [1.29, 1.82) is 0 Å². The average Bonchev–Trinajstić information content (AvgIpc) is 3.07. The van der Waals surface area contributed by atoms with Crippen LogP contribution in [0, 0.1) is 0 Å². The summed E-state index contributed by atoms with van der Waals surface area (Å²) in [7, 11) is 3.74. The highest BCUT2D eigenvalue weighted by Crippen LogP contribution is 2.49. The molecule has 1 saturated heterocycles. The standard InChI is InChI=1S/C18H14ClN3OS2/c1-21-13-8-3-4-9-14(13)24-17(21)15-16(23)22(2)18(25-15)20-12-7-5-6-11(19)10-12/h3-10H,1-2H3. The molecule has 0 aliphatic carbocycles. The van der Waals surface area contributed by atoms with Gasteiger partial charge in [0.15, 0.2) is 5.17 Å². The Kier molecular flexibility index (Phi) is 4.27. The van der Waals surface area contributed by atoms with E-state index in [1.807, 2.05) is 31.3 Å². The first kappa shape index (κ1) is 16.6. The van der Waals surface area contributed by atoms with Crippen LogP contribution in [0.4, 0.5) is 11.4 Å². The van der Waals surface area contributed by atoms with E-state index in [9.17, 15) is 4.79 Å². The molecule has 7 heteroatoms. The van der Waals surface area contributed by atoms with Gasteiger partial charge in [-0.1, -0.05) is 41.6 Å². The summed E-state index contributed by atoms with van der Waals surface area (Å²) in [5, 5.41) is 2.22. The molecule has 4 nitrogen and oxygen atoms in total. The van der Waals surface area contributed by atoms with Crippen LogP contribution in [0.5, 0.6) is 0 Å². The van der Waals surface area contributed by atoms with Gasteiger partial charge in [-0.3, -0.25) is 9.69 Å². The number of amides is 1. The molecule has 2 aromatic carbocycles. The number of hydrogen-bond donors (Lipinski definition) is 0. The number of rotatable bonds is 1. The Morgan fingerprint density at radius 1 is 1.00 bits per heavy atom. The zero-order valence-corrected chi connectivity index (χ0v) is 16.0. The Labute approximate surface area is 159 Å². The van der Waals surface area contributed by atoms with E-state index in [0.29, 0.717) is 15.1 Å². The molecule has 0 bridgehead atoms. The van der Waals surface area contributed by atoms with Crippen molar-refractivity contribution in [3.63, 3.8) is 0 Å². The molecule has 0 N–H and O–H groups in total. The molecule has 1 fully saturated rings. The zero-order chi connectivity index (χ0) is 17.6. The number of hydrogen-bond acceptors (Lipinski definition) is 5. The van der Waals surface area contributed by atoms with E-state index in [-0.39, 0.29) is 5.91 Å². The maximum atomic E-state index is 12.8. The van der Waals surface area contributed by atoms with Crippen molar-refractivity contribution in [2.75, 3.05) is 19.0 Å².